The Morgan fingerprint density at radius 3 is 2.56 bits per heavy atom. The number of esters is 1. The number of hydrogen-bond donors (Lipinski definition) is 1. The Hall–Kier alpha value is -1.51. The number of nitrogens with two attached hydrogens (primary N) is 1. The first kappa shape index (κ1) is 14.6. The van der Waals surface area contributed by atoms with Gasteiger partial charge in [0.05, 0.1) is 6.42 Å². The minimum atomic E-state index is -0.429. The van der Waals surface area contributed by atoms with E-state index in [4.69, 9.17) is 10.5 Å². The number of rotatable bonds is 3. The van der Waals surface area contributed by atoms with Crippen molar-refractivity contribution in [1.29, 1.82) is 0 Å². The first-order valence-corrected chi connectivity index (χ1v) is 6.27. The normalized spacial score (nSPS) is 13.2. The predicted molar refractivity (Wildman–Crippen MR) is 74.5 cm³/mol. The van der Waals surface area contributed by atoms with Gasteiger partial charge in [-0.25, -0.2) is 0 Å². The van der Waals surface area contributed by atoms with Crippen molar-refractivity contribution in [2.24, 2.45) is 0 Å². The summed E-state index contributed by atoms with van der Waals surface area (Å²) in [4.78, 5) is 11.8. The Morgan fingerprint density at radius 2 is 2.00 bits per heavy atom. The second-order valence-electron chi connectivity index (χ2n) is 5.75. The van der Waals surface area contributed by atoms with Crippen LogP contribution in [-0.4, -0.2) is 11.6 Å². The third-order valence-electron chi connectivity index (χ3n) is 2.84. The first-order valence-electron chi connectivity index (χ1n) is 6.27. The van der Waals surface area contributed by atoms with Gasteiger partial charge < -0.3 is 10.5 Å². The number of carbonyl (C=O) groups is 1. The molecule has 0 aromatic heterocycles. The topological polar surface area (TPSA) is 52.3 Å². The summed E-state index contributed by atoms with van der Waals surface area (Å²) < 4.78 is 5.33. The smallest absolute Gasteiger partial charge is 0.306 e. The molecule has 0 aliphatic carbocycles. The van der Waals surface area contributed by atoms with Crippen LogP contribution in [0.15, 0.2) is 18.2 Å². The van der Waals surface area contributed by atoms with E-state index in [1.54, 1.807) is 0 Å². The maximum absolute atomic E-state index is 11.8. The van der Waals surface area contributed by atoms with Crippen molar-refractivity contribution < 1.29 is 9.53 Å². The van der Waals surface area contributed by atoms with E-state index in [0.717, 1.165) is 16.8 Å². The standard InChI is InChI=1S/C15H23NO2/c1-10(9-14(17)18-15(3,4)5)12-7-6-8-13(16)11(12)2/h6-8,10H,9,16H2,1-5H3/t10-/m0/s1. The maximum atomic E-state index is 11.8. The average molecular weight is 249 g/mol. The third kappa shape index (κ3) is 4.06. The van der Waals surface area contributed by atoms with E-state index >= 15 is 0 Å². The predicted octanol–water partition coefficient (Wildman–Crippen LogP) is 3.41. The molecule has 0 radical (unpaired) electrons. The van der Waals surface area contributed by atoms with Gasteiger partial charge in [0.25, 0.3) is 0 Å². The molecule has 0 unspecified atom stereocenters. The van der Waals surface area contributed by atoms with Crippen LogP contribution in [0.3, 0.4) is 0 Å². The third-order valence-corrected chi connectivity index (χ3v) is 2.84. The summed E-state index contributed by atoms with van der Waals surface area (Å²) in [6.45, 7) is 9.63. The fraction of sp³-hybridized carbons (Fsp3) is 0.533. The molecule has 3 nitrogen and oxygen atoms in total. The molecule has 1 aromatic rings. The van der Waals surface area contributed by atoms with Crippen molar-refractivity contribution in [1.82, 2.24) is 0 Å². The van der Waals surface area contributed by atoms with E-state index in [2.05, 4.69) is 0 Å². The number of anilines is 1. The van der Waals surface area contributed by atoms with Crippen molar-refractivity contribution in [3.05, 3.63) is 29.3 Å². The van der Waals surface area contributed by atoms with Gasteiger partial charge in [-0.15, -0.1) is 0 Å². The van der Waals surface area contributed by atoms with Gasteiger partial charge in [0.2, 0.25) is 0 Å². The van der Waals surface area contributed by atoms with Gasteiger partial charge >= 0.3 is 5.97 Å². The molecule has 3 heteroatoms. The zero-order chi connectivity index (χ0) is 13.9. The second kappa shape index (κ2) is 5.42. The van der Waals surface area contributed by atoms with Gasteiger partial charge in [0.1, 0.15) is 5.60 Å². The molecule has 0 saturated carbocycles. The molecule has 0 fully saturated rings. The molecule has 1 rings (SSSR count). The molecule has 0 aliphatic rings. The van der Waals surface area contributed by atoms with Crippen LogP contribution < -0.4 is 5.73 Å². The van der Waals surface area contributed by atoms with Crippen molar-refractivity contribution in [2.75, 3.05) is 5.73 Å². The highest BCUT2D eigenvalue weighted by molar-refractivity contribution is 5.71. The van der Waals surface area contributed by atoms with Gasteiger partial charge in [0.15, 0.2) is 0 Å². The van der Waals surface area contributed by atoms with E-state index in [9.17, 15) is 4.79 Å². The summed E-state index contributed by atoms with van der Waals surface area (Å²) in [6.07, 6.45) is 0.377. The molecular weight excluding hydrogens is 226 g/mol. The summed E-state index contributed by atoms with van der Waals surface area (Å²) in [5, 5.41) is 0. The average Bonchev–Trinajstić information content (AvgIpc) is 2.18. The Labute approximate surface area is 109 Å². The van der Waals surface area contributed by atoms with Crippen LogP contribution in [-0.2, 0) is 9.53 Å². The van der Waals surface area contributed by atoms with Gasteiger partial charge in [-0.1, -0.05) is 19.1 Å². The highest BCUT2D eigenvalue weighted by Crippen LogP contribution is 2.27. The molecule has 0 aliphatic heterocycles. The van der Waals surface area contributed by atoms with E-state index in [-0.39, 0.29) is 11.9 Å². The van der Waals surface area contributed by atoms with Gasteiger partial charge in [-0.3, -0.25) is 4.79 Å². The number of benzene rings is 1. The Balaban J connectivity index is 2.74. The van der Waals surface area contributed by atoms with Crippen molar-refractivity contribution in [3.8, 4) is 0 Å². The highest BCUT2D eigenvalue weighted by Gasteiger charge is 2.20. The van der Waals surface area contributed by atoms with Gasteiger partial charge in [-0.05, 0) is 50.8 Å². The Kier molecular flexibility index (Phi) is 4.38. The van der Waals surface area contributed by atoms with Crippen LogP contribution in [0.4, 0.5) is 5.69 Å². The fourth-order valence-corrected chi connectivity index (χ4v) is 1.95. The number of hydrogen-bond acceptors (Lipinski definition) is 3. The molecule has 0 bridgehead atoms. The van der Waals surface area contributed by atoms with Gasteiger partial charge in [-0.2, -0.15) is 0 Å². The lowest BCUT2D eigenvalue weighted by Crippen LogP contribution is -2.24. The van der Waals surface area contributed by atoms with E-state index < -0.39 is 5.60 Å². The Bertz CT molecular complexity index is 433. The van der Waals surface area contributed by atoms with Gasteiger partial charge in [0, 0.05) is 5.69 Å². The van der Waals surface area contributed by atoms with Crippen molar-refractivity contribution >= 4 is 11.7 Å². The lowest BCUT2D eigenvalue weighted by Gasteiger charge is -2.21. The minimum absolute atomic E-state index is 0.114. The molecule has 0 heterocycles. The molecule has 18 heavy (non-hydrogen) atoms. The number of carbonyl (C=O) groups excluding carboxylic acids is 1. The minimum Gasteiger partial charge on any atom is -0.460 e. The summed E-state index contributed by atoms with van der Waals surface area (Å²) in [6, 6.07) is 5.81. The lowest BCUT2D eigenvalue weighted by atomic mass is 9.93. The van der Waals surface area contributed by atoms with E-state index in [0.29, 0.717) is 6.42 Å². The molecule has 0 spiro atoms. The molecular formula is C15H23NO2. The molecule has 0 saturated heterocycles. The van der Waals surface area contributed by atoms with Crippen LogP contribution in [0, 0.1) is 6.92 Å². The second-order valence-corrected chi connectivity index (χ2v) is 5.75. The highest BCUT2D eigenvalue weighted by atomic mass is 16.6. The molecule has 2 N–H and O–H groups in total. The Morgan fingerprint density at radius 1 is 1.39 bits per heavy atom. The van der Waals surface area contributed by atoms with Crippen LogP contribution >= 0.6 is 0 Å². The summed E-state index contributed by atoms with van der Waals surface area (Å²) >= 11 is 0. The largest absolute Gasteiger partial charge is 0.460 e. The summed E-state index contributed by atoms with van der Waals surface area (Å²) in [7, 11) is 0. The monoisotopic (exact) mass is 249 g/mol. The quantitative estimate of drug-likeness (QED) is 0.659. The molecule has 0 amide bonds. The van der Waals surface area contributed by atoms with E-state index in [1.165, 1.54) is 0 Å². The summed E-state index contributed by atoms with van der Waals surface area (Å²) in [5.41, 5.74) is 8.37. The zero-order valence-electron chi connectivity index (χ0n) is 11.9. The summed E-state index contributed by atoms with van der Waals surface area (Å²) in [5.74, 6) is -0.0554. The molecule has 1 atom stereocenters. The van der Waals surface area contributed by atoms with E-state index in [1.807, 2.05) is 52.8 Å². The number of ether oxygens (including phenoxy) is 1. The molecule has 100 valence electrons. The zero-order valence-corrected chi connectivity index (χ0v) is 11.9. The molecule has 1 aromatic carbocycles. The van der Waals surface area contributed by atoms with Crippen molar-refractivity contribution in [2.45, 2.75) is 52.6 Å². The van der Waals surface area contributed by atoms with Crippen LogP contribution in [0.1, 0.15) is 51.2 Å². The maximum Gasteiger partial charge on any atom is 0.306 e. The van der Waals surface area contributed by atoms with Crippen LogP contribution in [0.2, 0.25) is 0 Å². The fourth-order valence-electron chi connectivity index (χ4n) is 1.95. The lowest BCUT2D eigenvalue weighted by molar-refractivity contribution is -0.155. The SMILES string of the molecule is Cc1c(N)cccc1[C@@H](C)CC(=O)OC(C)(C)C. The van der Waals surface area contributed by atoms with Crippen molar-refractivity contribution in [3.63, 3.8) is 0 Å². The van der Waals surface area contributed by atoms with Crippen LogP contribution in [0.5, 0.6) is 0 Å². The first-order chi connectivity index (χ1) is 8.20. The number of nitrogen functional groups attached to an aromatic ring is 1. The van der Waals surface area contributed by atoms with Crippen LogP contribution in [0.25, 0.3) is 0 Å².